The van der Waals surface area contributed by atoms with E-state index in [4.69, 9.17) is 0 Å². The van der Waals surface area contributed by atoms with Gasteiger partial charge in [0.15, 0.2) is 0 Å². The molecular weight excluding hydrogens is 278 g/mol. The maximum Gasteiger partial charge on any atom is 0.325 e. The molecule has 0 spiro atoms. The number of hydrogen-bond donors (Lipinski definition) is 1. The van der Waals surface area contributed by atoms with E-state index in [1.165, 1.54) is 10.5 Å². The Bertz CT molecular complexity index is 546. The van der Waals surface area contributed by atoms with Gasteiger partial charge in [0.05, 0.1) is 6.67 Å². The zero-order valence-corrected chi connectivity index (χ0v) is 13.0. The second-order valence-electron chi connectivity index (χ2n) is 6.08. The van der Waals surface area contributed by atoms with Crippen LogP contribution in [0.4, 0.5) is 4.79 Å². The zero-order chi connectivity index (χ0) is 15.5. The quantitative estimate of drug-likeness (QED) is 0.850. The highest BCUT2D eigenvalue weighted by atomic mass is 16.2. The summed E-state index contributed by atoms with van der Waals surface area (Å²) in [6.07, 6.45) is 3.78. The van der Waals surface area contributed by atoms with Gasteiger partial charge in [0.2, 0.25) is 0 Å². The topological polar surface area (TPSA) is 52.7 Å². The second kappa shape index (κ2) is 6.48. The zero-order valence-electron chi connectivity index (χ0n) is 13.0. The summed E-state index contributed by atoms with van der Waals surface area (Å²) in [5.74, 6) is -0.0782. The summed E-state index contributed by atoms with van der Waals surface area (Å²) in [7, 11) is 0. The van der Waals surface area contributed by atoms with Crippen molar-refractivity contribution in [3.05, 3.63) is 35.9 Å². The van der Waals surface area contributed by atoms with E-state index < -0.39 is 0 Å². The van der Waals surface area contributed by atoms with Crippen LogP contribution in [0.25, 0.3) is 0 Å². The van der Waals surface area contributed by atoms with E-state index in [0.717, 1.165) is 25.8 Å². The Hall–Kier alpha value is -1.88. The molecule has 3 amide bonds. The van der Waals surface area contributed by atoms with Gasteiger partial charge < -0.3 is 5.32 Å². The molecule has 5 nitrogen and oxygen atoms in total. The molecule has 0 aromatic heterocycles. The number of nitrogens with one attached hydrogen (secondary N) is 1. The highest BCUT2D eigenvalue weighted by Crippen LogP contribution is 2.32. The number of hydrogen-bond acceptors (Lipinski definition) is 3. The highest BCUT2D eigenvalue weighted by Gasteiger charge is 2.39. The first-order chi connectivity index (χ1) is 10.7. The SMILES string of the molecule is CCC[C@@H]1NC(=O)N(CN2CCC[C@@H]2c2ccccc2)C1=O. The summed E-state index contributed by atoms with van der Waals surface area (Å²) in [6.45, 7) is 3.34. The van der Waals surface area contributed by atoms with Gasteiger partial charge in [-0.3, -0.25) is 9.69 Å². The molecule has 0 saturated carbocycles. The van der Waals surface area contributed by atoms with Crippen molar-refractivity contribution in [3.8, 4) is 0 Å². The molecule has 0 unspecified atom stereocenters. The van der Waals surface area contributed by atoms with Crippen molar-refractivity contribution in [2.45, 2.75) is 44.7 Å². The summed E-state index contributed by atoms with van der Waals surface area (Å²) >= 11 is 0. The second-order valence-corrected chi connectivity index (χ2v) is 6.08. The van der Waals surface area contributed by atoms with Crippen LogP contribution in [0.2, 0.25) is 0 Å². The summed E-state index contributed by atoms with van der Waals surface area (Å²) < 4.78 is 0. The lowest BCUT2D eigenvalue weighted by atomic mass is 10.1. The molecule has 2 atom stereocenters. The van der Waals surface area contributed by atoms with Crippen molar-refractivity contribution in [2.75, 3.05) is 13.2 Å². The van der Waals surface area contributed by atoms with Crippen LogP contribution < -0.4 is 5.32 Å². The van der Waals surface area contributed by atoms with Gasteiger partial charge in [-0.1, -0.05) is 43.7 Å². The van der Waals surface area contributed by atoms with Crippen LogP contribution >= 0.6 is 0 Å². The molecule has 2 heterocycles. The Morgan fingerprint density at radius 3 is 2.73 bits per heavy atom. The number of rotatable bonds is 5. The van der Waals surface area contributed by atoms with E-state index in [0.29, 0.717) is 19.1 Å². The first kappa shape index (κ1) is 15.0. The number of amides is 3. The molecule has 2 aliphatic heterocycles. The normalized spacial score (nSPS) is 25.8. The summed E-state index contributed by atoms with van der Waals surface area (Å²) in [6, 6.07) is 10.0. The van der Waals surface area contributed by atoms with Gasteiger partial charge in [-0.2, -0.15) is 0 Å². The molecule has 1 N–H and O–H groups in total. The average molecular weight is 301 g/mol. The van der Waals surface area contributed by atoms with Crippen LogP contribution in [0.1, 0.15) is 44.2 Å². The minimum atomic E-state index is -0.338. The van der Waals surface area contributed by atoms with Crippen molar-refractivity contribution in [1.29, 1.82) is 0 Å². The predicted octanol–water partition coefficient (Wildman–Crippen LogP) is 2.50. The van der Waals surface area contributed by atoms with Crippen molar-refractivity contribution in [3.63, 3.8) is 0 Å². The monoisotopic (exact) mass is 301 g/mol. The fraction of sp³-hybridized carbons (Fsp3) is 0.529. The van der Waals surface area contributed by atoms with Crippen LogP contribution in [0.15, 0.2) is 30.3 Å². The number of benzene rings is 1. The lowest BCUT2D eigenvalue weighted by Crippen LogP contribution is -2.41. The van der Waals surface area contributed by atoms with Gasteiger partial charge in [-0.25, -0.2) is 9.69 Å². The molecule has 1 aromatic rings. The first-order valence-electron chi connectivity index (χ1n) is 8.11. The fourth-order valence-electron chi connectivity index (χ4n) is 3.42. The Kier molecular flexibility index (Phi) is 4.43. The Morgan fingerprint density at radius 2 is 2.00 bits per heavy atom. The van der Waals surface area contributed by atoms with Gasteiger partial charge in [-0.15, -0.1) is 0 Å². The Balaban J connectivity index is 1.70. The predicted molar refractivity (Wildman–Crippen MR) is 84.1 cm³/mol. The van der Waals surface area contributed by atoms with Gasteiger partial charge in [0.25, 0.3) is 5.91 Å². The molecule has 2 fully saturated rings. The maximum absolute atomic E-state index is 12.4. The van der Waals surface area contributed by atoms with E-state index in [1.807, 2.05) is 25.1 Å². The molecule has 3 rings (SSSR count). The molecular formula is C17H23N3O2. The van der Waals surface area contributed by atoms with Crippen LogP contribution in [0.3, 0.4) is 0 Å². The van der Waals surface area contributed by atoms with Crippen LogP contribution in [-0.2, 0) is 4.79 Å². The molecule has 0 bridgehead atoms. The van der Waals surface area contributed by atoms with E-state index in [1.54, 1.807) is 0 Å². The third kappa shape index (κ3) is 2.86. The van der Waals surface area contributed by atoms with E-state index in [2.05, 4.69) is 22.3 Å². The molecule has 2 aliphatic rings. The van der Waals surface area contributed by atoms with Crippen LogP contribution in [0.5, 0.6) is 0 Å². The Labute approximate surface area is 131 Å². The van der Waals surface area contributed by atoms with Gasteiger partial charge in [-0.05, 0) is 24.8 Å². The van der Waals surface area contributed by atoms with Crippen molar-refractivity contribution < 1.29 is 9.59 Å². The Morgan fingerprint density at radius 1 is 1.23 bits per heavy atom. The number of imide groups is 1. The lowest BCUT2D eigenvalue weighted by Gasteiger charge is -2.28. The van der Waals surface area contributed by atoms with Gasteiger partial charge >= 0.3 is 6.03 Å². The fourth-order valence-corrected chi connectivity index (χ4v) is 3.42. The van der Waals surface area contributed by atoms with Crippen molar-refractivity contribution in [1.82, 2.24) is 15.1 Å². The number of urea groups is 1. The van der Waals surface area contributed by atoms with Crippen LogP contribution in [0, 0.1) is 0 Å². The van der Waals surface area contributed by atoms with Crippen molar-refractivity contribution >= 4 is 11.9 Å². The van der Waals surface area contributed by atoms with E-state index >= 15 is 0 Å². The number of carbonyl (C=O) groups excluding carboxylic acids is 2. The summed E-state index contributed by atoms with van der Waals surface area (Å²) in [5, 5.41) is 2.79. The van der Waals surface area contributed by atoms with Crippen molar-refractivity contribution in [2.24, 2.45) is 0 Å². The smallest absolute Gasteiger partial charge is 0.325 e. The maximum atomic E-state index is 12.4. The summed E-state index contributed by atoms with van der Waals surface area (Å²) in [4.78, 5) is 28.0. The number of nitrogens with zero attached hydrogens (tertiary/aromatic N) is 2. The largest absolute Gasteiger partial charge is 0.326 e. The molecule has 0 aliphatic carbocycles. The van der Waals surface area contributed by atoms with Gasteiger partial charge in [0.1, 0.15) is 6.04 Å². The first-order valence-corrected chi connectivity index (χ1v) is 8.11. The number of carbonyl (C=O) groups is 2. The highest BCUT2D eigenvalue weighted by molar-refractivity contribution is 6.04. The standard InChI is InChI=1S/C17H23N3O2/c1-2-7-14-16(21)20(17(22)18-14)12-19-11-6-10-15(19)13-8-4-3-5-9-13/h3-5,8-9,14-15H,2,6-7,10-12H2,1H3,(H,18,22)/t14-,15+/m0/s1. The molecule has 118 valence electrons. The summed E-state index contributed by atoms with van der Waals surface area (Å²) in [5.41, 5.74) is 1.26. The molecule has 0 radical (unpaired) electrons. The van der Waals surface area contributed by atoms with Crippen LogP contribution in [-0.4, -0.2) is 41.0 Å². The third-order valence-electron chi connectivity index (χ3n) is 4.56. The minimum Gasteiger partial charge on any atom is -0.326 e. The minimum absolute atomic E-state index is 0.0782. The lowest BCUT2D eigenvalue weighted by molar-refractivity contribution is -0.129. The molecule has 22 heavy (non-hydrogen) atoms. The molecule has 1 aromatic carbocycles. The third-order valence-corrected chi connectivity index (χ3v) is 4.56. The van der Waals surface area contributed by atoms with Gasteiger partial charge in [0, 0.05) is 12.6 Å². The van der Waals surface area contributed by atoms with E-state index in [-0.39, 0.29) is 18.0 Å². The molecule has 5 heteroatoms. The number of likely N-dealkylation sites (tertiary alicyclic amines) is 1. The average Bonchev–Trinajstić information content (AvgIpc) is 3.09. The van der Waals surface area contributed by atoms with E-state index in [9.17, 15) is 9.59 Å². The molecule has 2 saturated heterocycles.